The molecule has 0 aliphatic heterocycles. The van der Waals surface area contributed by atoms with Crippen LogP contribution >= 0.6 is 7.82 Å². The Balaban J connectivity index is 4.33. The Bertz CT molecular complexity index is 941. The largest absolute Gasteiger partial charge is 0.756 e. The Labute approximate surface area is 323 Å². The smallest absolute Gasteiger partial charge is 0.306 e. The van der Waals surface area contributed by atoms with Gasteiger partial charge in [0.2, 0.25) is 0 Å². The number of esters is 2. The molecule has 0 rings (SSSR count). The highest BCUT2D eigenvalue weighted by Gasteiger charge is 2.21. The molecule has 0 saturated heterocycles. The topological polar surface area (TPSA) is 152 Å². The third-order valence-electron chi connectivity index (χ3n) is 9.07. The predicted octanol–water partition coefficient (Wildman–Crippen LogP) is 10.4. The van der Waals surface area contributed by atoms with Gasteiger partial charge in [-0.05, 0) is 64.2 Å². The van der Waals surface area contributed by atoms with E-state index < -0.39 is 51.8 Å². The van der Waals surface area contributed by atoms with Crippen LogP contribution in [0.5, 0.6) is 0 Å². The molecule has 0 spiro atoms. The quantitative estimate of drug-likeness (QED) is 0.0266. The summed E-state index contributed by atoms with van der Waals surface area (Å²) in [6.07, 6.45) is 36.9. The van der Waals surface area contributed by atoms with Crippen molar-refractivity contribution in [2.45, 2.75) is 206 Å². The van der Waals surface area contributed by atoms with Crippen LogP contribution in [0.15, 0.2) is 24.3 Å². The molecule has 53 heavy (non-hydrogen) atoms. The summed E-state index contributed by atoms with van der Waals surface area (Å²) < 4.78 is 32.3. The van der Waals surface area contributed by atoms with Crippen LogP contribution in [0.1, 0.15) is 194 Å². The third-order valence-corrected chi connectivity index (χ3v) is 10.00. The Morgan fingerprint density at radius 3 is 1.38 bits per heavy atom. The van der Waals surface area contributed by atoms with Crippen molar-refractivity contribution in [3.63, 3.8) is 0 Å². The second-order valence-corrected chi connectivity index (χ2v) is 15.7. The first-order valence-electron chi connectivity index (χ1n) is 21.3. The number of hydrogen-bond acceptors (Lipinski definition) is 10. The van der Waals surface area contributed by atoms with Gasteiger partial charge in [0.25, 0.3) is 7.82 Å². The number of carbonyl (C=O) groups excluding carboxylic acids is 2. The summed E-state index contributed by atoms with van der Waals surface area (Å²) in [5, 5.41) is 18.3. The Kier molecular flexibility index (Phi) is 37.6. The van der Waals surface area contributed by atoms with E-state index in [-0.39, 0.29) is 19.4 Å². The summed E-state index contributed by atoms with van der Waals surface area (Å²) in [4.78, 5) is 37.1. The van der Waals surface area contributed by atoms with Crippen LogP contribution in [0.2, 0.25) is 0 Å². The minimum Gasteiger partial charge on any atom is -0.756 e. The Hall–Kier alpha value is -1.55. The monoisotopic (exact) mass is 774 g/mol. The molecule has 2 N–H and O–H groups in total. The average Bonchev–Trinajstić information content (AvgIpc) is 3.14. The number of phosphoric acid groups is 1. The predicted molar refractivity (Wildman–Crippen MR) is 212 cm³/mol. The van der Waals surface area contributed by atoms with E-state index in [9.17, 15) is 24.2 Å². The molecule has 0 aromatic carbocycles. The second kappa shape index (κ2) is 38.7. The Morgan fingerprint density at radius 2 is 0.943 bits per heavy atom. The zero-order valence-corrected chi connectivity index (χ0v) is 34.6. The molecule has 0 aromatic heterocycles. The highest BCUT2D eigenvalue weighted by Crippen LogP contribution is 2.38. The summed E-state index contributed by atoms with van der Waals surface area (Å²) in [5.41, 5.74) is 0. The van der Waals surface area contributed by atoms with Crippen LogP contribution in [0.3, 0.4) is 0 Å². The highest BCUT2D eigenvalue weighted by atomic mass is 31.2. The number of phosphoric ester groups is 1. The molecule has 0 bridgehead atoms. The van der Waals surface area contributed by atoms with Gasteiger partial charge < -0.3 is 33.6 Å². The minimum atomic E-state index is -4.87. The number of aliphatic hydroxyl groups excluding tert-OH is 2. The molecular weight excluding hydrogens is 695 g/mol. The normalized spacial score (nSPS) is 14.1. The number of hydrogen-bond donors (Lipinski definition) is 2. The average molecular weight is 774 g/mol. The number of allylic oxidation sites excluding steroid dienone is 4. The van der Waals surface area contributed by atoms with Crippen LogP contribution in [-0.2, 0) is 32.7 Å². The van der Waals surface area contributed by atoms with E-state index >= 15 is 0 Å². The molecule has 11 heteroatoms. The molecule has 312 valence electrons. The molecule has 10 nitrogen and oxygen atoms in total. The lowest BCUT2D eigenvalue weighted by atomic mass is 10.1. The molecule has 3 atom stereocenters. The molecule has 0 radical (unpaired) electrons. The third kappa shape index (κ3) is 38.5. The van der Waals surface area contributed by atoms with Crippen LogP contribution < -0.4 is 4.89 Å². The molecule has 2 unspecified atom stereocenters. The van der Waals surface area contributed by atoms with Crippen molar-refractivity contribution in [2.24, 2.45) is 0 Å². The van der Waals surface area contributed by atoms with Crippen molar-refractivity contribution >= 4 is 19.8 Å². The van der Waals surface area contributed by atoms with Crippen LogP contribution in [-0.4, -0.2) is 60.8 Å². The van der Waals surface area contributed by atoms with E-state index in [1.807, 2.05) is 0 Å². The van der Waals surface area contributed by atoms with Crippen LogP contribution in [0.25, 0.3) is 0 Å². The SMILES string of the molecule is CCCCCCCCC=CCCCCCCCC(=O)OC[C@H](COP(=O)([O-])OCC(O)CO)OC(=O)CCCCCCCC=CCCCCCCCC. The first-order chi connectivity index (χ1) is 25.7. The van der Waals surface area contributed by atoms with Crippen molar-refractivity contribution < 1.29 is 47.8 Å². The van der Waals surface area contributed by atoms with Gasteiger partial charge in [-0.2, -0.15) is 0 Å². The van der Waals surface area contributed by atoms with E-state index in [0.29, 0.717) is 12.8 Å². The second-order valence-electron chi connectivity index (χ2n) is 14.3. The molecule has 0 saturated carbocycles. The number of carbonyl (C=O) groups is 2. The molecular formula is C42H78O10P-. The van der Waals surface area contributed by atoms with E-state index in [0.717, 1.165) is 77.0 Å². The van der Waals surface area contributed by atoms with Gasteiger partial charge >= 0.3 is 11.9 Å². The van der Waals surface area contributed by atoms with Crippen molar-refractivity contribution in [1.82, 2.24) is 0 Å². The summed E-state index contributed by atoms with van der Waals surface area (Å²) in [6.45, 7) is 2.17. The van der Waals surface area contributed by atoms with Crippen molar-refractivity contribution in [3.8, 4) is 0 Å². The number of rotatable bonds is 40. The Morgan fingerprint density at radius 1 is 0.566 bits per heavy atom. The van der Waals surface area contributed by atoms with E-state index in [4.69, 9.17) is 19.1 Å². The van der Waals surface area contributed by atoms with Gasteiger partial charge in [0, 0.05) is 12.8 Å². The first kappa shape index (κ1) is 51.5. The first-order valence-corrected chi connectivity index (χ1v) is 22.7. The lowest BCUT2D eigenvalue weighted by Gasteiger charge is -2.26. The molecule has 0 amide bonds. The molecule has 0 aromatic rings. The summed E-state index contributed by atoms with van der Waals surface area (Å²) in [7, 11) is -4.87. The fraction of sp³-hybridized carbons (Fsp3) is 0.857. The van der Waals surface area contributed by atoms with Gasteiger partial charge in [-0.3, -0.25) is 14.2 Å². The number of ether oxygens (including phenoxy) is 2. The van der Waals surface area contributed by atoms with Gasteiger partial charge in [-0.25, -0.2) is 0 Å². The van der Waals surface area contributed by atoms with E-state index in [1.165, 1.54) is 77.0 Å². The van der Waals surface area contributed by atoms with Gasteiger partial charge in [0.15, 0.2) is 6.10 Å². The zero-order valence-electron chi connectivity index (χ0n) is 33.7. The van der Waals surface area contributed by atoms with Gasteiger partial charge in [0.05, 0.1) is 19.8 Å². The van der Waals surface area contributed by atoms with Crippen molar-refractivity contribution in [3.05, 3.63) is 24.3 Å². The van der Waals surface area contributed by atoms with Crippen LogP contribution in [0.4, 0.5) is 0 Å². The maximum Gasteiger partial charge on any atom is 0.306 e. The van der Waals surface area contributed by atoms with Crippen molar-refractivity contribution in [1.29, 1.82) is 0 Å². The fourth-order valence-corrected chi connectivity index (χ4v) is 6.52. The lowest BCUT2D eigenvalue weighted by molar-refractivity contribution is -0.230. The van der Waals surface area contributed by atoms with E-state index in [2.05, 4.69) is 42.7 Å². The van der Waals surface area contributed by atoms with Gasteiger partial charge in [-0.15, -0.1) is 0 Å². The zero-order chi connectivity index (χ0) is 39.1. The van der Waals surface area contributed by atoms with Gasteiger partial charge in [0.1, 0.15) is 12.7 Å². The highest BCUT2D eigenvalue weighted by molar-refractivity contribution is 7.45. The van der Waals surface area contributed by atoms with Crippen LogP contribution in [0, 0.1) is 0 Å². The molecule has 0 heterocycles. The number of aliphatic hydroxyl groups is 2. The summed E-state index contributed by atoms with van der Waals surface area (Å²) >= 11 is 0. The molecule has 0 aliphatic rings. The molecule has 0 aliphatic carbocycles. The standard InChI is InChI=1S/C42H79O10P/c1-3-5-7-9-11-13-15-17-19-21-23-25-27-29-31-33-41(45)49-37-40(38-51-53(47,48)50-36-39(44)35-43)52-42(46)34-32-30-28-26-24-22-20-18-16-14-12-10-8-6-4-2/h17-20,39-40,43-44H,3-16,21-38H2,1-2H3,(H,47,48)/p-1/t39?,40-/m1/s1. The maximum atomic E-state index is 12.6. The van der Waals surface area contributed by atoms with Crippen molar-refractivity contribution in [2.75, 3.05) is 26.4 Å². The minimum absolute atomic E-state index is 0.158. The fourth-order valence-electron chi connectivity index (χ4n) is 5.74. The summed E-state index contributed by atoms with van der Waals surface area (Å²) in [5.74, 6) is -0.976. The summed E-state index contributed by atoms with van der Waals surface area (Å²) in [6, 6.07) is 0. The lowest BCUT2D eigenvalue weighted by Crippen LogP contribution is -2.30. The maximum absolute atomic E-state index is 12.6. The number of unbranched alkanes of at least 4 members (excludes halogenated alkanes) is 22. The van der Waals surface area contributed by atoms with E-state index in [1.54, 1.807) is 0 Å². The molecule has 0 fully saturated rings. The van der Waals surface area contributed by atoms with Gasteiger partial charge in [-0.1, -0.05) is 141 Å².